The Morgan fingerprint density at radius 3 is 0.878 bits per heavy atom. The average molecular weight is 1190 g/mol. The van der Waals surface area contributed by atoms with Gasteiger partial charge in [0.2, 0.25) is 6.08 Å². The molecule has 0 aliphatic carbocycles. The molecule has 0 spiro atoms. The van der Waals surface area contributed by atoms with E-state index >= 15 is 0 Å². The summed E-state index contributed by atoms with van der Waals surface area (Å²) < 4.78 is 543. The third-order valence-corrected chi connectivity index (χ3v) is 9.63. The van der Waals surface area contributed by atoms with Gasteiger partial charge in [0, 0.05) is 12.5 Å². The Kier molecular flexibility index (Phi) is 16.4. The first kappa shape index (κ1) is 67.4. The third kappa shape index (κ3) is 8.54. The second-order valence-electron chi connectivity index (χ2n) is 14.8. The van der Waals surface area contributed by atoms with Crippen LogP contribution < -0.4 is 5.32 Å². The van der Waals surface area contributed by atoms with Gasteiger partial charge in [-0.25, -0.2) is 4.79 Å². The van der Waals surface area contributed by atoms with Crippen molar-refractivity contribution in [1.82, 2.24) is 5.32 Å². The molecule has 43 heteroatoms. The summed E-state index contributed by atoms with van der Waals surface area (Å²) in [6.07, 6.45) is -11.2. The zero-order chi connectivity index (χ0) is 60.3. The van der Waals surface area contributed by atoms with E-state index in [4.69, 9.17) is 0 Å². The molecule has 1 aromatic carbocycles. The molecule has 0 radical (unpaired) electrons. The van der Waals surface area contributed by atoms with Crippen molar-refractivity contribution in [2.45, 2.75) is 139 Å². The Hall–Kier alpha value is -4.66. The number of nitrogens with zero attached hydrogens (tertiary/aromatic N) is 1. The van der Waals surface area contributed by atoms with Crippen LogP contribution >= 0.6 is 0 Å². The molecule has 0 aromatic heterocycles. The molecule has 432 valence electrons. The third-order valence-electron chi connectivity index (χ3n) is 9.63. The van der Waals surface area contributed by atoms with Crippen LogP contribution in [0, 0.1) is 6.92 Å². The quantitative estimate of drug-likeness (QED) is 0.0714. The van der Waals surface area contributed by atoms with Gasteiger partial charge in [0.25, 0.3) is 5.91 Å². The molecule has 1 unspecified atom stereocenters. The highest BCUT2D eigenvalue weighted by molar-refractivity contribution is 5.99. The van der Waals surface area contributed by atoms with Crippen molar-refractivity contribution in [3.63, 3.8) is 0 Å². The number of carbonyl (C=O) groups excluding carboxylic acids is 2. The van der Waals surface area contributed by atoms with Crippen LogP contribution in [0.15, 0.2) is 23.2 Å². The van der Waals surface area contributed by atoms with Crippen molar-refractivity contribution in [3.05, 3.63) is 29.3 Å². The second-order valence-corrected chi connectivity index (χ2v) is 14.8. The largest absolute Gasteiger partial charge is 0.460 e. The Morgan fingerprint density at radius 1 is 0.419 bits per heavy atom. The van der Waals surface area contributed by atoms with Crippen LogP contribution in [0.4, 0.5) is 177 Å². The van der Waals surface area contributed by atoms with E-state index in [2.05, 4.69) is 4.99 Å². The lowest BCUT2D eigenvalue weighted by Crippen LogP contribution is -2.80. The summed E-state index contributed by atoms with van der Waals surface area (Å²) in [6.45, 7) is 1.13. The molecule has 4 nitrogen and oxygen atoms in total. The molecule has 1 rings (SSSR count). The Balaban J connectivity index is 3.99. The first-order valence-corrected chi connectivity index (χ1v) is 17.1. The number of aliphatic imine (C=N–C) groups is 1. The van der Waals surface area contributed by atoms with E-state index in [0.29, 0.717) is 6.07 Å². The highest BCUT2D eigenvalue weighted by atomic mass is 19.4. The predicted molar refractivity (Wildman–Crippen MR) is 156 cm³/mol. The summed E-state index contributed by atoms with van der Waals surface area (Å²) in [5.41, 5.74) is -1.70. The van der Waals surface area contributed by atoms with E-state index in [9.17, 15) is 181 Å². The van der Waals surface area contributed by atoms with Crippen molar-refractivity contribution in [2.24, 2.45) is 4.99 Å². The standard InChI is InChI=1S/C31H13F39N2O2/c1-8-3-4-10(11(5-8)71-7-73)12(74)72-9(2)6-13(32,33)14(34,35)15(36,37)16(38,39)17(40,41)18(42,43)19(44,45)20(46,47)21(48,49)22(50,51)23(52,53)24(54,55)25(56,57)26(58,59)27(60,61)28(62,63)29(64,65)30(66,67)31(68,69)70/h3-5,9H,6H2,1-2H3,(H,72,74). The smallest absolute Gasteiger partial charge is 0.349 e. The van der Waals surface area contributed by atoms with Gasteiger partial charge < -0.3 is 5.32 Å². The predicted octanol–water partition coefficient (Wildman–Crippen LogP) is 14.5. The average Bonchev–Trinajstić information content (AvgIpc) is 3.18. The number of hydrogen-bond donors (Lipinski definition) is 1. The van der Waals surface area contributed by atoms with Crippen molar-refractivity contribution < 1.29 is 181 Å². The van der Waals surface area contributed by atoms with Gasteiger partial charge in [-0.05, 0) is 31.5 Å². The lowest BCUT2D eigenvalue weighted by Gasteiger charge is -2.47. The van der Waals surface area contributed by atoms with E-state index in [0.717, 1.165) is 23.5 Å². The maximum absolute atomic E-state index is 14.5. The molecular weight excluding hydrogens is 1170 g/mol. The molecule has 0 aliphatic heterocycles. The molecular formula is C31H13F39N2O2. The number of nitrogens with one attached hydrogen (secondary N) is 1. The maximum atomic E-state index is 14.5. The first-order chi connectivity index (χ1) is 31.7. The number of alkyl halides is 39. The molecule has 1 aromatic rings. The van der Waals surface area contributed by atoms with Crippen LogP contribution in [0.3, 0.4) is 0 Å². The van der Waals surface area contributed by atoms with E-state index < -0.39 is 142 Å². The number of aryl methyl sites for hydroxylation is 1. The van der Waals surface area contributed by atoms with Crippen molar-refractivity contribution >= 4 is 17.7 Å². The number of halogens is 39. The van der Waals surface area contributed by atoms with Crippen LogP contribution in [0.5, 0.6) is 0 Å². The zero-order valence-corrected chi connectivity index (χ0v) is 33.5. The van der Waals surface area contributed by atoms with Crippen LogP contribution in [-0.2, 0) is 4.79 Å². The summed E-state index contributed by atoms with van der Waals surface area (Å²) in [7, 11) is 0. The second kappa shape index (κ2) is 18.0. The van der Waals surface area contributed by atoms with Crippen molar-refractivity contribution in [3.8, 4) is 0 Å². The monoisotopic (exact) mass is 1190 g/mol. The molecule has 74 heavy (non-hydrogen) atoms. The van der Waals surface area contributed by atoms with Gasteiger partial charge in [0.15, 0.2) is 0 Å². The summed E-state index contributed by atoms with van der Waals surface area (Å²) in [4.78, 5) is 25.8. The molecule has 0 saturated carbocycles. The molecule has 1 atom stereocenters. The Labute approximate surface area is 378 Å². The number of isocyanates is 1. The lowest BCUT2D eigenvalue weighted by molar-refractivity contribution is -0.494. The van der Waals surface area contributed by atoms with Gasteiger partial charge in [-0.3, -0.25) is 4.79 Å². The minimum atomic E-state index is -10.6. The van der Waals surface area contributed by atoms with E-state index in [1.54, 1.807) is 0 Å². The van der Waals surface area contributed by atoms with Crippen LogP contribution in [0.2, 0.25) is 0 Å². The van der Waals surface area contributed by atoms with E-state index in [1.807, 2.05) is 0 Å². The van der Waals surface area contributed by atoms with Crippen LogP contribution in [0.1, 0.15) is 29.3 Å². The molecule has 1 N–H and O–H groups in total. The minimum absolute atomic E-state index is 0.0518. The van der Waals surface area contributed by atoms with Gasteiger partial charge in [-0.15, -0.1) is 0 Å². The fraction of sp³-hybridized carbons (Fsp3) is 0.742. The van der Waals surface area contributed by atoms with Crippen molar-refractivity contribution in [1.29, 1.82) is 0 Å². The number of hydrogen-bond acceptors (Lipinski definition) is 3. The minimum Gasteiger partial charge on any atom is -0.349 e. The lowest BCUT2D eigenvalue weighted by atomic mass is 9.81. The maximum Gasteiger partial charge on any atom is 0.460 e. The highest BCUT2D eigenvalue weighted by Gasteiger charge is 3.03. The summed E-state index contributed by atoms with van der Waals surface area (Å²) >= 11 is 0. The molecule has 1 amide bonds. The molecule has 0 bridgehead atoms. The van der Waals surface area contributed by atoms with Crippen LogP contribution in [0.25, 0.3) is 0 Å². The number of amides is 1. The van der Waals surface area contributed by atoms with Gasteiger partial charge in [0.05, 0.1) is 11.3 Å². The summed E-state index contributed by atoms with van der Waals surface area (Å²) in [5.74, 6) is -180. The Bertz CT molecular complexity index is 2290. The molecule has 0 fully saturated rings. The van der Waals surface area contributed by atoms with E-state index in [-0.39, 0.29) is 12.5 Å². The molecule has 0 aliphatic rings. The number of benzene rings is 1. The molecule has 0 heterocycles. The Morgan fingerprint density at radius 2 is 0.649 bits per heavy atom. The normalized spacial score (nSPS) is 16.5. The van der Waals surface area contributed by atoms with Crippen LogP contribution in [-0.4, -0.2) is 131 Å². The highest BCUT2D eigenvalue weighted by Crippen LogP contribution is 2.71. The first-order valence-electron chi connectivity index (χ1n) is 17.1. The number of rotatable bonds is 22. The number of carbonyl (C=O) groups is 1. The molecule has 0 saturated heterocycles. The fourth-order valence-electron chi connectivity index (χ4n) is 5.21. The zero-order valence-electron chi connectivity index (χ0n) is 33.5. The van der Waals surface area contributed by atoms with Gasteiger partial charge >= 0.3 is 113 Å². The fourth-order valence-corrected chi connectivity index (χ4v) is 5.21. The van der Waals surface area contributed by atoms with E-state index in [1.165, 1.54) is 6.92 Å². The summed E-state index contributed by atoms with van der Waals surface area (Å²) in [6, 6.07) is -0.722. The van der Waals surface area contributed by atoms with Gasteiger partial charge in [-0.1, -0.05) is 6.07 Å². The van der Waals surface area contributed by atoms with Gasteiger partial charge in [0.1, 0.15) is 0 Å². The topological polar surface area (TPSA) is 58.5 Å². The van der Waals surface area contributed by atoms with Gasteiger partial charge in [-0.2, -0.15) is 176 Å². The SMILES string of the molecule is Cc1ccc(C(=O)NC(C)CC(F)(F)C(F)(F)C(F)(F)C(F)(F)C(F)(F)C(F)(F)C(F)(F)C(F)(F)C(F)(F)C(F)(F)C(F)(F)C(F)(F)C(F)(F)C(F)(F)C(F)(F)C(F)(F)C(F)(F)C(F)(F)C(F)(F)F)c(N=C=O)c1. The summed E-state index contributed by atoms with van der Waals surface area (Å²) in [5, 5.41) is 1.13. The van der Waals surface area contributed by atoms with Crippen molar-refractivity contribution in [2.75, 3.05) is 0 Å².